The molecule has 2 saturated heterocycles. The second kappa shape index (κ2) is 11.7. The van der Waals surface area contributed by atoms with Crippen molar-refractivity contribution < 1.29 is 19.4 Å². The first-order valence-corrected chi connectivity index (χ1v) is 13.8. The Kier molecular flexibility index (Phi) is 8.85. The lowest BCUT2D eigenvalue weighted by atomic mass is 9.67. The van der Waals surface area contributed by atoms with E-state index in [1.54, 1.807) is 6.92 Å². The van der Waals surface area contributed by atoms with Gasteiger partial charge in [0.1, 0.15) is 0 Å². The summed E-state index contributed by atoms with van der Waals surface area (Å²) < 4.78 is 5.65. The van der Waals surface area contributed by atoms with Crippen molar-refractivity contribution in [1.29, 1.82) is 0 Å². The Morgan fingerprint density at radius 2 is 1.89 bits per heavy atom. The Labute approximate surface area is 229 Å². The lowest BCUT2D eigenvalue weighted by Gasteiger charge is -2.53. The molecule has 37 heavy (non-hydrogen) atoms. The minimum absolute atomic E-state index is 0.108. The van der Waals surface area contributed by atoms with Gasteiger partial charge in [-0.1, -0.05) is 61.3 Å². The number of nitrogens with zero attached hydrogens (tertiary/aromatic N) is 2. The van der Waals surface area contributed by atoms with Crippen LogP contribution in [-0.2, 0) is 14.3 Å². The van der Waals surface area contributed by atoms with Crippen molar-refractivity contribution in [2.75, 3.05) is 26.3 Å². The minimum atomic E-state index is -1.05. The summed E-state index contributed by atoms with van der Waals surface area (Å²) in [4.78, 5) is 30.7. The van der Waals surface area contributed by atoms with Crippen molar-refractivity contribution in [3.63, 3.8) is 0 Å². The number of ether oxygens (including phenoxy) is 1. The molecule has 4 rings (SSSR count). The average Bonchev–Trinajstić information content (AvgIpc) is 2.85. The van der Waals surface area contributed by atoms with Crippen molar-refractivity contribution >= 4 is 35.1 Å². The lowest BCUT2D eigenvalue weighted by molar-refractivity contribution is -0.161. The van der Waals surface area contributed by atoms with E-state index in [1.165, 1.54) is 0 Å². The van der Waals surface area contributed by atoms with Gasteiger partial charge in [0.15, 0.2) is 0 Å². The van der Waals surface area contributed by atoms with E-state index in [-0.39, 0.29) is 36.4 Å². The van der Waals surface area contributed by atoms with E-state index in [1.807, 2.05) is 53.4 Å². The Balaban J connectivity index is 1.85. The Bertz CT molecular complexity index is 1110. The van der Waals surface area contributed by atoms with Crippen LogP contribution in [0.15, 0.2) is 48.5 Å². The molecule has 1 N–H and O–H groups in total. The van der Waals surface area contributed by atoms with E-state index < -0.39 is 11.4 Å². The SMILES string of the molecule is CCC(CN1CCOC[C@H]1C)N1C(=O)[C@@](C)(CC(=O)O)C[C@H](c2cccc(Cl)c2)[C@H]1c1ccc(Cl)cc1. The number of halogens is 2. The third kappa shape index (κ3) is 6.14. The first-order valence-electron chi connectivity index (χ1n) is 13.0. The van der Waals surface area contributed by atoms with Gasteiger partial charge in [-0.05, 0) is 55.2 Å². The molecule has 2 aromatic carbocycles. The number of carbonyl (C=O) groups is 2. The highest BCUT2D eigenvalue weighted by atomic mass is 35.5. The van der Waals surface area contributed by atoms with Gasteiger partial charge in [-0.2, -0.15) is 0 Å². The van der Waals surface area contributed by atoms with Crippen molar-refractivity contribution in [3.05, 3.63) is 69.7 Å². The third-order valence-electron chi connectivity index (χ3n) is 7.95. The molecule has 2 heterocycles. The number of amides is 1. The summed E-state index contributed by atoms with van der Waals surface area (Å²) in [6.07, 6.45) is 0.926. The molecule has 0 aliphatic carbocycles. The summed E-state index contributed by atoms with van der Waals surface area (Å²) in [5.41, 5.74) is 0.927. The van der Waals surface area contributed by atoms with Crippen LogP contribution < -0.4 is 0 Å². The molecule has 2 aliphatic heterocycles. The number of benzene rings is 2. The first-order chi connectivity index (χ1) is 17.6. The molecule has 2 aromatic rings. The molecule has 0 spiro atoms. The quantitative estimate of drug-likeness (QED) is 0.437. The largest absolute Gasteiger partial charge is 0.481 e. The van der Waals surface area contributed by atoms with Crippen molar-refractivity contribution in [2.24, 2.45) is 5.41 Å². The van der Waals surface area contributed by atoms with Crippen LogP contribution >= 0.6 is 23.2 Å². The predicted molar refractivity (Wildman–Crippen MR) is 146 cm³/mol. The summed E-state index contributed by atoms with van der Waals surface area (Å²) in [5, 5.41) is 11.1. The standard InChI is InChI=1S/C29H36Cl2N2O4/c1-4-24(17-32-12-13-37-18-19(32)2)33-27(20-8-10-22(30)11-9-20)25(21-6-5-7-23(31)14-21)15-29(3,28(33)36)16-26(34)35/h5-11,14,19,24-25,27H,4,12-13,15-18H2,1-3H3,(H,34,35)/t19-,24?,25-,27-,29-/m1/s1. The van der Waals surface area contributed by atoms with Crippen LogP contribution in [0.2, 0.25) is 10.0 Å². The second-order valence-electron chi connectivity index (χ2n) is 10.7. The zero-order valence-electron chi connectivity index (χ0n) is 21.7. The highest BCUT2D eigenvalue weighted by molar-refractivity contribution is 6.30. The summed E-state index contributed by atoms with van der Waals surface area (Å²) in [7, 11) is 0. The van der Waals surface area contributed by atoms with E-state index in [0.29, 0.717) is 36.2 Å². The minimum Gasteiger partial charge on any atom is -0.481 e. The number of likely N-dealkylation sites (tertiary alicyclic amines) is 1. The highest BCUT2D eigenvalue weighted by Crippen LogP contribution is 2.52. The van der Waals surface area contributed by atoms with Crippen molar-refractivity contribution in [3.8, 4) is 0 Å². The summed E-state index contributed by atoms with van der Waals surface area (Å²) >= 11 is 12.7. The number of morpholine rings is 1. The molecule has 6 nitrogen and oxygen atoms in total. The van der Waals surface area contributed by atoms with Crippen LogP contribution in [0.1, 0.15) is 63.1 Å². The Morgan fingerprint density at radius 3 is 2.51 bits per heavy atom. The number of hydrogen-bond donors (Lipinski definition) is 1. The van der Waals surface area contributed by atoms with E-state index >= 15 is 0 Å². The molecule has 0 aromatic heterocycles. The maximum Gasteiger partial charge on any atom is 0.304 e. The molecule has 8 heteroatoms. The van der Waals surface area contributed by atoms with Gasteiger partial charge in [-0.15, -0.1) is 0 Å². The van der Waals surface area contributed by atoms with E-state index in [9.17, 15) is 14.7 Å². The zero-order chi connectivity index (χ0) is 26.7. The number of hydrogen-bond acceptors (Lipinski definition) is 4. The van der Waals surface area contributed by atoms with E-state index in [2.05, 4.69) is 18.7 Å². The second-order valence-corrected chi connectivity index (χ2v) is 11.6. The highest BCUT2D eigenvalue weighted by Gasteiger charge is 2.52. The summed E-state index contributed by atoms with van der Waals surface area (Å²) in [6, 6.07) is 15.2. The fourth-order valence-corrected chi connectivity index (χ4v) is 6.32. The molecule has 0 saturated carbocycles. The molecule has 1 amide bonds. The van der Waals surface area contributed by atoms with Crippen LogP contribution in [0.3, 0.4) is 0 Å². The molecule has 200 valence electrons. The predicted octanol–water partition coefficient (Wildman–Crippen LogP) is 6.03. The molecule has 2 aliphatic rings. The van der Waals surface area contributed by atoms with Crippen molar-refractivity contribution in [1.82, 2.24) is 9.80 Å². The number of carboxylic acid groups (broad SMARTS) is 1. The van der Waals surface area contributed by atoms with Crippen LogP contribution in [-0.4, -0.2) is 65.2 Å². The molecular formula is C29H36Cl2N2O4. The first kappa shape index (κ1) is 27.9. The normalized spacial score (nSPS) is 27.8. The molecule has 0 bridgehead atoms. The number of carboxylic acids is 1. The third-order valence-corrected chi connectivity index (χ3v) is 8.43. The van der Waals surface area contributed by atoms with Crippen LogP contribution in [0.4, 0.5) is 0 Å². The average molecular weight is 548 g/mol. The smallest absolute Gasteiger partial charge is 0.304 e. The molecular weight excluding hydrogens is 511 g/mol. The van der Waals surface area contributed by atoms with E-state index in [0.717, 1.165) is 24.1 Å². The Morgan fingerprint density at radius 1 is 1.16 bits per heavy atom. The fraction of sp³-hybridized carbons (Fsp3) is 0.517. The molecule has 2 fully saturated rings. The number of carbonyl (C=O) groups excluding carboxylic acids is 1. The van der Waals surface area contributed by atoms with Crippen molar-refractivity contribution in [2.45, 2.75) is 64.1 Å². The van der Waals surface area contributed by atoms with Gasteiger partial charge in [0.05, 0.1) is 31.1 Å². The number of piperidine rings is 1. The summed E-state index contributed by atoms with van der Waals surface area (Å²) in [6.45, 7) is 8.86. The van der Waals surface area contributed by atoms with Crippen LogP contribution in [0.5, 0.6) is 0 Å². The fourth-order valence-electron chi connectivity index (χ4n) is 6.00. The molecule has 5 atom stereocenters. The number of aliphatic carboxylic acids is 1. The van der Waals surface area contributed by atoms with Gasteiger partial charge < -0.3 is 14.7 Å². The van der Waals surface area contributed by atoms with Gasteiger partial charge in [-0.3, -0.25) is 14.5 Å². The maximum absolute atomic E-state index is 14.4. The Hall–Kier alpha value is -2.12. The summed E-state index contributed by atoms with van der Waals surface area (Å²) in [5.74, 6) is -1.22. The van der Waals surface area contributed by atoms with Crippen LogP contribution in [0, 0.1) is 5.41 Å². The lowest BCUT2D eigenvalue weighted by Crippen LogP contribution is -2.59. The van der Waals surface area contributed by atoms with Crippen LogP contribution in [0.25, 0.3) is 0 Å². The van der Waals surface area contributed by atoms with Gasteiger partial charge in [0, 0.05) is 41.1 Å². The monoisotopic (exact) mass is 546 g/mol. The van der Waals surface area contributed by atoms with Gasteiger partial charge in [-0.25, -0.2) is 0 Å². The molecule has 1 unspecified atom stereocenters. The van der Waals surface area contributed by atoms with Gasteiger partial charge in [0.2, 0.25) is 5.91 Å². The van der Waals surface area contributed by atoms with Gasteiger partial charge >= 0.3 is 5.97 Å². The van der Waals surface area contributed by atoms with Gasteiger partial charge in [0.25, 0.3) is 0 Å². The number of rotatable bonds is 8. The zero-order valence-corrected chi connectivity index (χ0v) is 23.2. The molecule has 0 radical (unpaired) electrons. The maximum atomic E-state index is 14.4. The topological polar surface area (TPSA) is 70.1 Å². The van der Waals surface area contributed by atoms with E-state index in [4.69, 9.17) is 27.9 Å².